The Morgan fingerprint density at radius 1 is 0.900 bits per heavy atom. The molecule has 0 atom stereocenters. The number of thiazole rings is 1. The van der Waals surface area contributed by atoms with Gasteiger partial charge in [0.1, 0.15) is 0 Å². The Hall–Kier alpha value is -3.35. The average molecular weight is 428 g/mol. The first-order valence-electron chi connectivity index (χ1n) is 9.45. The molecule has 3 heterocycles. The van der Waals surface area contributed by atoms with Gasteiger partial charge >= 0.3 is 0 Å². The van der Waals surface area contributed by atoms with E-state index in [1.807, 2.05) is 65.4 Å². The topological polar surface area (TPSA) is 54.9 Å². The Kier molecular flexibility index (Phi) is 4.86. The molecule has 0 aliphatic heterocycles. The molecule has 5 rings (SSSR count). The summed E-state index contributed by atoms with van der Waals surface area (Å²) in [5, 5.41) is 8.34. The molecule has 0 unspecified atom stereocenters. The van der Waals surface area contributed by atoms with Gasteiger partial charge in [0.25, 0.3) is 5.91 Å². The van der Waals surface area contributed by atoms with Crippen LogP contribution in [-0.4, -0.2) is 15.9 Å². The summed E-state index contributed by atoms with van der Waals surface area (Å²) in [6.45, 7) is 2.06. The van der Waals surface area contributed by atoms with Crippen LogP contribution in [0.1, 0.15) is 15.9 Å². The molecular weight excluding hydrogens is 410 g/mol. The van der Waals surface area contributed by atoms with E-state index in [0.29, 0.717) is 10.7 Å². The number of nitrogens with zero attached hydrogens (tertiary/aromatic N) is 2. The summed E-state index contributed by atoms with van der Waals surface area (Å²) >= 11 is 3.03. The van der Waals surface area contributed by atoms with E-state index in [1.54, 1.807) is 11.3 Å². The number of aromatic nitrogens is 2. The summed E-state index contributed by atoms with van der Waals surface area (Å²) in [6, 6.07) is 21.8. The van der Waals surface area contributed by atoms with Crippen LogP contribution in [-0.2, 0) is 0 Å². The number of anilines is 1. The molecule has 0 spiro atoms. The quantitative estimate of drug-likeness (QED) is 0.349. The Labute approximate surface area is 181 Å². The molecular formula is C24H17N3OS2. The number of thiophene rings is 1. The Balaban J connectivity index is 1.48. The second-order valence-corrected chi connectivity index (χ2v) is 8.71. The summed E-state index contributed by atoms with van der Waals surface area (Å²) in [4.78, 5) is 23.5. The van der Waals surface area contributed by atoms with E-state index in [-0.39, 0.29) is 5.91 Å². The maximum absolute atomic E-state index is 13.2. The lowest BCUT2D eigenvalue weighted by Crippen LogP contribution is -2.13. The van der Waals surface area contributed by atoms with Crippen molar-refractivity contribution >= 4 is 44.6 Å². The van der Waals surface area contributed by atoms with Gasteiger partial charge in [0.05, 0.1) is 27.3 Å². The zero-order valence-electron chi connectivity index (χ0n) is 16.1. The minimum atomic E-state index is -0.184. The minimum Gasteiger partial charge on any atom is -0.298 e. The fourth-order valence-corrected chi connectivity index (χ4v) is 4.67. The number of carbonyl (C=O) groups is 1. The van der Waals surface area contributed by atoms with Crippen LogP contribution in [0.5, 0.6) is 0 Å². The number of para-hydroxylation sites is 1. The number of fused-ring (bicyclic) bond motifs is 1. The van der Waals surface area contributed by atoms with Crippen molar-refractivity contribution in [1.29, 1.82) is 0 Å². The van der Waals surface area contributed by atoms with Crippen molar-refractivity contribution in [1.82, 2.24) is 9.97 Å². The van der Waals surface area contributed by atoms with Crippen molar-refractivity contribution in [2.24, 2.45) is 0 Å². The normalized spacial score (nSPS) is 11.0. The molecule has 0 aliphatic carbocycles. The number of carbonyl (C=O) groups excluding carboxylic acids is 1. The van der Waals surface area contributed by atoms with Gasteiger partial charge in [-0.15, -0.1) is 22.7 Å². The largest absolute Gasteiger partial charge is 0.298 e. The third kappa shape index (κ3) is 3.63. The van der Waals surface area contributed by atoms with Crippen molar-refractivity contribution in [3.8, 4) is 21.8 Å². The summed E-state index contributed by atoms with van der Waals surface area (Å²) in [5.41, 5.74) is 5.28. The lowest BCUT2D eigenvalue weighted by atomic mass is 10.1. The molecule has 30 heavy (non-hydrogen) atoms. The van der Waals surface area contributed by atoms with Crippen molar-refractivity contribution in [2.45, 2.75) is 6.92 Å². The number of amides is 1. The van der Waals surface area contributed by atoms with E-state index < -0.39 is 0 Å². The van der Waals surface area contributed by atoms with Crippen LogP contribution in [0.4, 0.5) is 5.13 Å². The van der Waals surface area contributed by atoms with E-state index >= 15 is 0 Å². The summed E-state index contributed by atoms with van der Waals surface area (Å²) < 4.78 is 0. The molecule has 6 heteroatoms. The number of rotatable bonds is 4. The molecule has 3 aromatic heterocycles. The van der Waals surface area contributed by atoms with Gasteiger partial charge in [0.2, 0.25) is 0 Å². The zero-order chi connectivity index (χ0) is 20.5. The Morgan fingerprint density at radius 3 is 2.53 bits per heavy atom. The van der Waals surface area contributed by atoms with E-state index in [2.05, 4.69) is 29.4 Å². The second-order valence-electron chi connectivity index (χ2n) is 6.91. The van der Waals surface area contributed by atoms with Crippen molar-refractivity contribution in [3.63, 3.8) is 0 Å². The first-order chi connectivity index (χ1) is 14.7. The van der Waals surface area contributed by atoms with E-state index in [9.17, 15) is 4.79 Å². The molecule has 1 N–H and O–H groups in total. The Morgan fingerprint density at radius 2 is 1.73 bits per heavy atom. The summed E-state index contributed by atoms with van der Waals surface area (Å²) in [7, 11) is 0. The fourth-order valence-electron chi connectivity index (χ4n) is 3.27. The third-order valence-corrected chi connectivity index (χ3v) is 6.46. The summed E-state index contributed by atoms with van der Waals surface area (Å²) in [6.07, 6.45) is 0. The van der Waals surface area contributed by atoms with Gasteiger partial charge < -0.3 is 0 Å². The predicted molar refractivity (Wildman–Crippen MR) is 125 cm³/mol. The van der Waals surface area contributed by atoms with Crippen LogP contribution in [0.15, 0.2) is 77.5 Å². The molecule has 5 aromatic rings. The van der Waals surface area contributed by atoms with Gasteiger partial charge in [0.15, 0.2) is 5.13 Å². The van der Waals surface area contributed by atoms with Gasteiger partial charge in [-0.25, -0.2) is 9.97 Å². The maximum atomic E-state index is 13.2. The first-order valence-corrected chi connectivity index (χ1v) is 11.2. The number of nitrogens with one attached hydrogen (secondary N) is 1. The molecule has 146 valence electrons. The molecule has 1 amide bonds. The van der Waals surface area contributed by atoms with Crippen LogP contribution in [0.25, 0.3) is 32.7 Å². The van der Waals surface area contributed by atoms with Crippen LogP contribution in [0, 0.1) is 6.92 Å². The molecule has 0 saturated heterocycles. The molecule has 0 aliphatic rings. The van der Waals surface area contributed by atoms with Crippen LogP contribution >= 0.6 is 22.7 Å². The van der Waals surface area contributed by atoms with Gasteiger partial charge in [-0.1, -0.05) is 54.1 Å². The number of hydrogen-bond donors (Lipinski definition) is 1. The van der Waals surface area contributed by atoms with Crippen LogP contribution in [0.2, 0.25) is 0 Å². The van der Waals surface area contributed by atoms with E-state index in [1.165, 1.54) is 16.9 Å². The second kappa shape index (κ2) is 7.82. The molecule has 0 fully saturated rings. The van der Waals surface area contributed by atoms with Crippen LogP contribution in [0.3, 0.4) is 0 Å². The number of benzene rings is 2. The smallest absolute Gasteiger partial charge is 0.258 e. The highest BCUT2D eigenvalue weighted by Crippen LogP contribution is 2.29. The summed E-state index contributed by atoms with van der Waals surface area (Å²) in [5.74, 6) is -0.184. The highest BCUT2D eigenvalue weighted by molar-refractivity contribution is 7.14. The number of aryl methyl sites for hydroxylation is 1. The third-order valence-electron chi connectivity index (χ3n) is 4.81. The lowest BCUT2D eigenvalue weighted by Gasteiger charge is -2.08. The molecule has 2 aromatic carbocycles. The lowest BCUT2D eigenvalue weighted by molar-refractivity contribution is 0.102. The molecule has 0 radical (unpaired) electrons. The highest BCUT2D eigenvalue weighted by Gasteiger charge is 2.16. The number of hydrogen-bond acceptors (Lipinski definition) is 5. The van der Waals surface area contributed by atoms with Crippen molar-refractivity contribution < 1.29 is 4.79 Å². The predicted octanol–water partition coefficient (Wildman–Crippen LogP) is 6.65. The molecule has 4 nitrogen and oxygen atoms in total. The van der Waals surface area contributed by atoms with Gasteiger partial charge in [0, 0.05) is 16.3 Å². The maximum Gasteiger partial charge on any atom is 0.258 e. The number of pyridine rings is 1. The highest BCUT2D eigenvalue weighted by atomic mass is 32.1. The minimum absolute atomic E-state index is 0.184. The standard InChI is InChI=1S/C24H17N3OS2/c1-15-8-10-16(11-9-15)21-14-30-24(26-21)27-23(28)18-13-20(22-7-4-12-29-22)25-19-6-3-2-5-17(18)19/h2-14H,1H3,(H,26,27,28). The van der Waals surface area contributed by atoms with E-state index in [4.69, 9.17) is 4.98 Å². The molecule has 0 bridgehead atoms. The van der Waals surface area contributed by atoms with Crippen molar-refractivity contribution in [2.75, 3.05) is 5.32 Å². The first kappa shape index (κ1) is 18.7. The fraction of sp³-hybridized carbons (Fsp3) is 0.0417. The van der Waals surface area contributed by atoms with Gasteiger partial charge in [-0.3, -0.25) is 10.1 Å². The Bertz CT molecular complexity index is 1340. The molecule has 0 saturated carbocycles. The van der Waals surface area contributed by atoms with E-state index in [0.717, 1.165) is 32.7 Å². The average Bonchev–Trinajstić information content (AvgIpc) is 3.46. The SMILES string of the molecule is Cc1ccc(-c2csc(NC(=O)c3cc(-c4cccs4)nc4ccccc34)n2)cc1. The zero-order valence-corrected chi connectivity index (χ0v) is 17.8. The van der Waals surface area contributed by atoms with Gasteiger partial charge in [-0.2, -0.15) is 0 Å². The van der Waals surface area contributed by atoms with Crippen molar-refractivity contribution in [3.05, 3.63) is 88.6 Å². The monoisotopic (exact) mass is 427 g/mol. The van der Waals surface area contributed by atoms with Crippen LogP contribution < -0.4 is 5.32 Å². The van der Waals surface area contributed by atoms with Gasteiger partial charge in [-0.05, 0) is 30.5 Å².